The number of benzene rings is 3. The molecule has 3 aromatic carbocycles. The molecule has 1 aliphatic rings. The Labute approximate surface area is 221 Å². The highest BCUT2D eigenvalue weighted by atomic mass is 32.2. The van der Waals surface area contributed by atoms with E-state index in [1.54, 1.807) is 18.2 Å². The fourth-order valence-corrected chi connectivity index (χ4v) is 5.93. The fourth-order valence-electron chi connectivity index (χ4n) is 4.65. The predicted molar refractivity (Wildman–Crippen MR) is 135 cm³/mol. The molecule has 1 N–H and O–H groups in total. The van der Waals surface area contributed by atoms with Crippen molar-refractivity contribution in [2.75, 3.05) is 6.61 Å². The van der Waals surface area contributed by atoms with Gasteiger partial charge in [0.25, 0.3) is 0 Å². The number of aromatic carboxylic acids is 1. The lowest BCUT2D eigenvalue weighted by molar-refractivity contribution is -0.137. The van der Waals surface area contributed by atoms with E-state index in [9.17, 15) is 31.5 Å². The number of rotatable bonds is 6. The largest absolute Gasteiger partial charge is 0.493 e. The van der Waals surface area contributed by atoms with Gasteiger partial charge in [0.15, 0.2) is 9.84 Å². The molecule has 1 aromatic heterocycles. The maximum absolute atomic E-state index is 13.6. The van der Waals surface area contributed by atoms with E-state index in [2.05, 4.69) is 10.2 Å². The minimum Gasteiger partial charge on any atom is -0.493 e. The van der Waals surface area contributed by atoms with Gasteiger partial charge in [-0.3, -0.25) is 0 Å². The van der Waals surface area contributed by atoms with Gasteiger partial charge in [0.1, 0.15) is 5.75 Å². The zero-order valence-corrected chi connectivity index (χ0v) is 21.0. The number of hydrogen-bond donors (Lipinski definition) is 1. The molecule has 39 heavy (non-hydrogen) atoms. The Bertz CT molecular complexity index is 1640. The summed E-state index contributed by atoms with van der Waals surface area (Å²) in [5.41, 5.74) is 1.43. The van der Waals surface area contributed by atoms with Crippen LogP contribution in [0.2, 0.25) is 0 Å². The number of sulfone groups is 1. The van der Waals surface area contributed by atoms with E-state index in [0.717, 1.165) is 12.1 Å². The first kappa shape index (κ1) is 26.4. The van der Waals surface area contributed by atoms with Gasteiger partial charge in [-0.25, -0.2) is 13.2 Å². The summed E-state index contributed by atoms with van der Waals surface area (Å²) in [6.45, 7) is 0.226. The molecule has 11 heteroatoms. The average Bonchev–Trinajstić information content (AvgIpc) is 2.92. The zero-order valence-electron chi connectivity index (χ0n) is 20.2. The number of aromatic nitrogens is 2. The van der Waals surface area contributed by atoms with Crippen LogP contribution in [0.4, 0.5) is 13.2 Å². The molecule has 0 amide bonds. The van der Waals surface area contributed by atoms with E-state index in [1.165, 1.54) is 48.7 Å². The van der Waals surface area contributed by atoms with E-state index >= 15 is 0 Å². The van der Waals surface area contributed by atoms with Crippen LogP contribution in [0.15, 0.2) is 83.9 Å². The molecule has 4 aromatic rings. The average molecular weight is 555 g/mol. The molecule has 0 fully saturated rings. The number of carboxylic acid groups (broad SMARTS) is 1. The second-order valence-electron chi connectivity index (χ2n) is 9.05. The number of carboxylic acids is 1. The van der Waals surface area contributed by atoms with Crippen LogP contribution < -0.4 is 4.74 Å². The highest BCUT2D eigenvalue weighted by molar-refractivity contribution is 7.90. The maximum Gasteiger partial charge on any atom is 0.416 e. The van der Waals surface area contributed by atoms with Gasteiger partial charge in [0, 0.05) is 17.7 Å². The lowest BCUT2D eigenvalue weighted by Crippen LogP contribution is -2.17. The number of alkyl halides is 3. The van der Waals surface area contributed by atoms with Gasteiger partial charge in [-0.05, 0) is 71.6 Å². The molecule has 2 heterocycles. The summed E-state index contributed by atoms with van der Waals surface area (Å²) in [6, 6.07) is 16.8. The second kappa shape index (κ2) is 10.1. The zero-order chi connectivity index (χ0) is 27.8. The van der Waals surface area contributed by atoms with Crippen molar-refractivity contribution in [1.82, 2.24) is 10.2 Å². The van der Waals surface area contributed by atoms with Gasteiger partial charge >= 0.3 is 12.1 Å². The third kappa shape index (κ3) is 5.49. The molecule has 0 spiro atoms. The molecule has 0 saturated carbocycles. The van der Waals surface area contributed by atoms with Crippen LogP contribution in [0.3, 0.4) is 0 Å². The minimum absolute atomic E-state index is 0.0129. The summed E-state index contributed by atoms with van der Waals surface area (Å²) in [7, 11) is -3.77. The summed E-state index contributed by atoms with van der Waals surface area (Å²) >= 11 is 0. The van der Waals surface area contributed by atoms with Gasteiger partial charge in [-0.1, -0.05) is 24.3 Å². The van der Waals surface area contributed by atoms with Crippen LogP contribution in [-0.2, 0) is 21.8 Å². The first-order valence-electron chi connectivity index (χ1n) is 11.8. The summed E-state index contributed by atoms with van der Waals surface area (Å²) in [6.07, 6.45) is -2.68. The fraction of sp³-hybridized carbons (Fsp3) is 0.179. The van der Waals surface area contributed by atoms with Gasteiger partial charge < -0.3 is 9.84 Å². The predicted octanol–water partition coefficient (Wildman–Crippen LogP) is 5.75. The van der Waals surface area contributed by atoms with E-state index in [-0.39, 0.29) is 34.4 Å². The lowest BCUT2D eigenvalue weighted by atomic mass is 9.82. The molecule has 1 atom stereocenters. The van der Waals surface area contributed by atoms with Crippen molar-refractivity contribution in [2.45, 2.75) is 29.2 Å². The Morgan fingerprint density at radius 3 is 2.41 bits per heavy atom. The van der Waals surface area contributed by atoms with Crippen molar-refractivity contribution in [1.29, 1.82) is 0 Å². The number of halogens is 3. The number of fused-ring (bicyclic) bond motifs is 1. The van der Waals surface area contributed by atoms with Crippen molar-refractivity contribution in [2.24, 2.45) is 0 Å². The monoisotopic (exact) mass is 554 g/mol. The highest BCUT2D eigenvalue weighted by Gasteiger charge is 2.33. The molecule has 200 valence electrons. The molecular weight excluding hydrogens is 533 g/mol. The van der Waals surface area contributed by atoms with Crippen molar-refractivity contribution in [3.8, 4) is 16.9 Å². The Balaban J connectivity index is 1.56. The topological polar surface area (TPSA) is 106 Å². The molecule has 5 rings (SSSR count). The molecule has 0 aliphatic carbocycles. The molecule has 1 aliphatic heterocycles. The summed E-state index contributed by atoms with van der Waals surface area (Å²) < 4.78 is 72.7. The Morgan fingerprint density at radius 1 is 1.00 bits per heavy atom. The normalized spacial score (nSPS) is 15.3. The van der Waals surface area contributed by atoms with Crippen LogP contribution in [0.25, 0.3) is 11.1 Å². The van der Waals surface area contributed by atoms with Gasteiger partial charge in [0.2, 0.25) is 0 Å². The Morgan fingerprint density at radius 2 is 1.74 bits per heavy atom. The molecule has 0 saturated heterocycles. The second-order valence-corrected chi connectivity index (χ2v) is 11.0. The SMILES string of the molecule is O=C(O)c1ccc(-c2cc(C(F)(F)F)ccc2[C@H]2CCOc3cc(S(=O)(=O)Cc4cccnn4)ccc32)cc1. The molecule has 7 nitrogen and oxygen atoms in total. The quantitative estimate of drug-likeness (QED) is 0.324. The lowest BCUT2D eigenvalue weighted by Gasteiger charge is -2.29. The van der Waals surface area contributed by atoms with Crippen LogP contribution in [0, 0.1) is 0 Å². The van der Waals surface area contributed by atoms with Crippen LogP contribution in [-0.4, -0.2) is 36.3 Å². The number of carbonyl (C=O) groups is 1. The summed E-state index contributed by atoms with van der Waals surface area (Å²) in [4.78, 5) is 11.3. The molecular formula is C28H21F3N2O5S. The number of ether oxygens (including phenoxy) is 1. The van der Waals surface area contributed by atoms with Gasteiger partial charge in [-0.2, -0.15) is 23.4 Å². The molecule has 0 radical (unpaired) electrons. The van der Waals surface area contributed by atoms with E-state index in [1.807, 2.05) is 0 Å². The van der Waals surface area contributed by atoms with Crippen molar-refractivity contribution in [3.63, 3.8) is 0 Å². The van der Waals surface area contributed by atoms with Crippen LogP contribution >= 0.6 is 0 Å². The Kier molecular flexibility index (Phi) is 6.85. The van der Waals surface area contributed by atoms with E-state index in [0.29, 0.717) is 34.4 Å². The van der Waals surface area contributed by atoms with Crippen molar-refractivity contribution >= 4 is 15.8 Å². The smallest absolute Gasteiger partial charge is 0.416 e. The Hall–Kier alpha value is -4.25. The standard InChI is InChI=1S/C28H21F3N2O5S/c29-28(30,31)19-7-9-22(25(14-19)17-3-5-18(6-4-17)27(34)35)23-11-13-38-26-15-21(8-10-24(23)26)39(36,37)16-20-2-1-12-32-33-20/h1-10,12,14-15,23H,11,13,16H2,(H,34,35)/t23-/m1/s1. The molecule has 0 bridgehead atoms. The maximum atomic E-state index is 13.6. The third-order valence-electron chi connectivity index (χ3n) is 6.55. The van der Waals surface area contributed by atoms with Crippen LogP contribution in [0.5, 0.6) is 5.75 Å². The van der Waals surface area contributed by atoms with Crippen LogP contribution in [0.1, 0.15) is 45.1 Å². The van der Waals surface area contributed by atoms with Crippen molar-refractivity contribution < 1.29 is 36.2 Å². The summed E-state index contributed by atoms with van der Waals surface area (Å²) in [5.74, 6) is -1.55. The van der Waals surface area contributed by atoms with Crippen molar-refractivity contribution in [3.05, 3.63) is 107 Å². The number of nitrogens with zero attached hydrogens (tertiary/aromatic N) is 2. The van der Waals surface area contributed by atoms with E-state index < -0.39 is 27.5 Å². The highest BCUT2D eigenvalue weighted by Crippen LogP contribution is 2.44. The van der Waals surface area contributed by atoms with Gasteiger partial charge in [-0.15, -0.1) is 0 Å². The minimum atomic E-state index is -4.58. The first-order valence-corrected chi connectivity index (χ1v) is 13.5. The molecule has 0 unspecified atom stereocenters. The number of hydrogen-bond acceptors (Lipinski definition) is 6. The summed E-state index contributed by atoms with van der Waals surface area (Å²) in [5, 5.41) is 16.8. The first-order chi connectivity index (χ1) is 18.5. The van der Waals surface area contributed by atoms with E-state index in [4.69, 9.17) is 4.74 Å². The third-order valence-corrected chi connectivity index (χ3v) is 8.20. The van der Waals surface area contributed by atoms with Gasteiger partial charge in [0.05, 0.1) is 34.1 Å².